The number of nitrogens with one attached hydrogen (secondary N) is 1. The summed E-state index contributed by atoms with van der Waals surface area (Å²) in [7, 11) is 6.28. The molecule has 142 valence electrons. The fourth-order valence-electron chi connectivity index (χ4n) is 4.24. The van der Waals surface area contributed by atoms with Crippen molar-refractivity contribution in [3.8, 4) is 0 Å². The van der Waals surface area contributed by atoms with Gasteiger partial charge >= 0.3 is 0 Å². The Bertz CT molecular complexity index is 870. The molecule has 5 nitrogen and oxygen atoms in total. The van der Waals surface area contributed by atoms with Crippen LogP contribution in [0.3, 0.4) is 0 Å². The van der Waals surface area contributed by atoms with E-state index in [4.69, 9.17) is 13.1 Å². The summed E-state index contributed by atoms with van der Waals surface area (Å²) in [4.78, 5) is 23.9. The molecule has 6 heteroatoms. The highest BCUT2D eigenvalue weighted by Crippen LogP contribution is 2.39. The molecule has 0 saturated carbocycles. The largest absolute Gasteiger partial charge is 0.344 e. The first kappa shape index (κ1) is 19.7. The number of rotatable bonds is 7. The van der Waals surface area contributed by atoms with Crippen LogP contribution in [0.5, 0.6) is 0 Å². The number of ketones is 1. The molecule has 2 N–H and O–H groups in total. The molecule has 0 fully saturated rings. The summed E-state index contributed by atoms with van der Waals surface area (Å²) < 4.78 is 2.25. The second kappa shape index (κ2) is 7.89. The minimum atomic E-state index is -0.339. The Kier molecular flexibility index (Phi) is 5.75. The van der Waals surface area contributed by atoms with Gasteiger partial charge in [-0.15, -0.1) is 0 Å². The summed E-state index contributed by atoms with van der Waals surface area (Å²) in [5, 5.41) is 9.50. The number of hydrogen-bond donors (Lipinski definition) is 2. The van der Waals surface area contributed by atoms with Gasteiger partial charge in [0.1, 0.15) is 7.85 Å². The Morgan fingerprint density at radius 3 is 2.70 bits per heavy atom. The van der Waals surface area contributed by atoms with E-state index < -0.39 is 0 Å². The van der Waals surface area contributed by atoms with Crippen LogP contribution in [0.25, 0.3) is 10.9 Å². The van der Waals surface area contributed by atoms with Crippen molar-refractivity contribution in [1.82, 2.24) is 10.0 Å². The minimum absolute atomic E-state index is 0.0391. The van der Waals surface area contributed by atoms with Gasteiger partial charge in [-0.1, -0.05) is 50.4 Å². The van der Waals surface area contributed by atoms with Crippen molar-refractivity contribution in [3.05, 3.63) is 29.5 Å². The van der Waals surface area contributed by atoms with Crippen LogP contribution in [0.15, 0.2) is 18.2 Å². The number of amides is 1. The predicted octanol–water partition coefficient (Wildman–Crippen LogP) is 3.05. The molecule has 2 aromatic rings. The second-order valence-corrected chi connectivity index (χ2v) is 8.36. The topological polar surface area (TPSA) is 71.3 Å². The normalized spacial score (nSPS) is 15.7. The number of hydrogen-bond acceptors (Lipinski definition) is 3. The zero-order chi connectivity index (χ0) is 19.6. The van der Waals surface area contributed by atoms with Crippen molar-refractivity contribution in [1.29, 1.82) is 0 Å². The van der Waals surface area contributed by atoms with Gasteiger partial charge in [0.25, 0.3) is 0 Å². The van der Waals surface area contributed by atoms with Gasteiger partial charge in [-0.25, -0.2) is 5.48 Å². The Balaban J connectivity index is 1.81. The number of benzene rings is 1. The number of unbranched alkanes of at least 4 members (excludes halogenated alkanes) is 3. The number of carbonyl (C=O) groups is 2. The molecule has 0 saturated heterocycles. The third-order valence-corrected chi connectivity index (χ3v) is 5.45. The van der Waals surface area contributed by atoms with Crippen LogP contribution < -0.4 is 10.9 Å². The number of hydroxylamine groups is 1. The van der Waals surface area contributed by atoms with E-state index in [1.807, 2.05) is 18.2 Å². The Morgan fingerprint density at radius 2 is 1.96 bits per heavy atom. The molecule has 1 amide bonds. The molecule has 3 rings (SSSR count). The van der Waals surface area contributed by atoms with E-state index in [9.17, 15) is 9.59 Å². The van der Waals surface area contributed by atoms with Crippen LogP contribution in [0.1, 0.15) is 68.4 Å². The van der Waals surface area contributed by atoms with Crippen LogP contribution in [0, 0.1) is 5.41 Å². The number of para-hydroxylation sites is 1. The maximum Gasteiger partial charge on any atom is 0.243 e. The van der Waals surface area contributed by atoms with E-state index >= 15 is 0 Å². The SMILES string of the molecule is [B]c1cccc2c3c(n(CCCCCCC(=O)NO)c12)CC(C)(C)CC3=O. The molecule has 2 radical (unpaired) electrons. The van der Waals surface area contributed by atoms with Crippen LogP contribution in [0.2, 0.25) is 0 Å². The standard InChI is InChI=1S/C21H27BN2O3/c1-21(2)12-16-19(17(25)13-21)14-8-7-9-15(22)20(14)24(16)11-6-4-3-5-10-18(26)23-27/h7-9,27H,3-6,10-13H2,1-2H3,(H,23,26). The van der Waals surface area contributed by atoms with Crippen LogP contribution >= 0.6 is 0 Å². The van der Waals surface area contributed by atoms with Crippen LogP contribution in [0.4, 0.5) is 0 Å². The Labute approximate surface area is 161 Å². The maximum absolute atomic E-state index is 12.8. The van der Waals surface area contributed by atoms with Crippen molar-refractivity contribution in [2.75, 3.05) is 0 Å². The third kappa shape index (κ3) is 4.11. The first-order valence-corrected chi connectivity index (χ1v) is 9.70. The first-order valence-electron chi connectivity index (χ1n) is 9.70. The zero-order valence-electron chi connectivity index (χ0n) is 16.2. The lowest BCUT2D eigenvalue weighted by Crippen LogP contribution is -2.28. The fraction of sp³-hybridized carbons (Fsp3) is 0.524. The Morgan fingerprint density at radius 1 is 1.22 bits per heavy atom. The van der Waals surface area contributed by atoms with Gasteiger partial charge < -0.3 is 4.57 Å². The van der Waals surface area contributed by atoms with Gasteiger partial charge in [-0.3, -0.25) is 14.8 Å². The molecule has 0 unspecified atom stereocenters. The van der Waals surface area contributed by atoms with Crippen molar-refractivity contribution in [2.24, 2.45) is 5.41 Å². The monoisotopic (exact) mass is 366 g/mol. The molecule has 0 spiro atoms. The lowest BCUT2D eigenvalue weighted by Gasteiger charge is -2.30. The highest BCUT2D eigenvalue weighted by atomic mass is 16.5. The quantitative estimate of drug-likeness (QED) is 0.342. The molecular weight excluding hydrogens is 339 g/mol. The van der Waals surface area contributed by atoms with Crippen molar-refractivity contribution < 1.29 is 14.8 Å². The summed E-state index contributed by atoms with van der Waals surface area (Å²) in [5.41, 5.74) is 5.29. The van der Waals surface area contributed by atoms with Gasteiger partial charge in [0.2, 0.25) is 5.91 Å². The van der Waals surface area contributed by atoms with Gasteiger partial charge in [0.15, 0.2) is 5.78 Å². The molecule has 1 aliphatic rings. The molecule has 1 aromatic heterocycles. The van der Waals surface area contributed by atoms with Crippen molar-refractivity contribution in [3.63, 3.8) is 0 Å². The van der Waals surface area contributed by atoms with Gasteiger partial charge in [-0.05, 0) is 24.7 Å². The third-order valence-electron chi connectivity index (χ3n) is 5.45. The van der Waals surface area contributed by atoms with Crippen LogP contribution in [-0.4, -0.2) is 29.3 Å². The number of nitrogens with zero attached hydrogens (tertiary/aromatic N) is 1. The van der Waals surface area contributed by atoms with E-state index in [2.05, 4.69) is 18.4 Å². The van der Waals surface area contributed by atoms with E-state index in [-0.39, 0.29) is 17.1 Å². The van der Waals surface area contributed by atoms with Crippen LogP contribution in [-0.2, 0) is 17.8 Å². The number of Topliss-reactive ketones (excluding diaryl/α,β-unsaturated/α-hetero) is 1. The number of aryl methyl sites for hydroxylation is 1. The molecule has 1 heterocycles. The molecular formula is C21H27BN2O3. The lowest BCUT2D eigenvalue weighted by molar-refractivity contribution is -0.129. The zero-order valence-corrected chi connectivity index (χ0v) is 16.2. The second-order valence-electron chi connectivity index (χ2n) is 8.36. The fourth-order valence-corrected chi connectivity index (χ4v) is 4.24. The number of carbonyl (C=O) groups excluding carboxylic acids is 2. The van der Waals surface area contributed by atoms with E-state index in [0.717, 1.165) is 60.8 Å². The highest BCUT2D eigenvalue weighted by molar-refractivity contribution is 6.39. The average molecular weight is 366 g/mol. The molecule has 1 aromatic carbocycles. The molecule has 1 aliphatic carbocycles. The van der Waals surface area contributed by atoms with Gasteiger partial charge in [0.05, 0.1) is 0 Å². The van der Waals surface area contributed by atoms with E-state index in [1.54, 1.807) is 5.48 Å². The first-order chi connectivity index (χ1) is 12.8. The van der Waals surface area contributed by atoms with Crippen molar-refractivity contribution >= 4 is 35.9 Å². The summed E-state index contributed by atoms with van der Waals surface area (Å²) >= 11 is 0. The Hall–Kier alpha value is -2.08. The van der Waals surface area contributed by atoms with E-state index in [0.29, 0.717) is 18.3 Å². The average Bonchev–Trinajstić information content (AvgIpc) is 2.91. The molecule has 0 aliphatic heterocycles. The van der Waals surface area contributed by atoms with Crippen molar-refractivity contribution in [2.45, 2.75) is 65.3 Å². The smallest absolute Gasteiger partial charge is 0.243 e. The number of fused-ring (bicyclic) bond motifs is 3. The summed E-state index contributed by atoms with van der Waals surface area (Å²) in [6, 6.07) is 5.82. The molecule has 0 atom stereocenters. The summed E-state index contributed by atoms with van der Waals surface area (Å²) in [6.45, 7) is 5.10. The minimum Gasteiger partial charge on any atom is -0.344 e. The predicted molar refractivity (Wildman–Crippen MR) is 107 cm³/mol. The summed E-state index contributed by atoms with van der Waals surface area (Å²) in [6.07, 6.45) is 5.41. The highest BCUT2D eigenvalue weighted by Gasteiger charge is 2.35. The van der Waals surface area contributed by atoms with E-state index in [1.165, 1.54) is 0 Å². The summed E-state index contributed by atoms with van der Waals surface area (Å²) in [5.74, 6) is -0.125. The molecule has 0 bridgehead atoms. The maximum atomic E-state index is 12.8. The van der Waals surface area contributed by atoms with Gasteiger partial charge in [-0.2, -0.15) is 0 Å². The van der Waals surface area contributed by atoms with Gasteiger partial charge in [0, 0.05) is 41.5 Å². The lowest BCUT2D eigenvalue weighted by atomic mass is 9.75. The molecule has 27 heavy (non-hydrogen) atoms. The number of aromatic nitrogens is 1.